The van der Waals surface area contributed by atoms with E-state index in [9.17, 15) is 46.8 Å². The third-order valence-corrected chi connectivity index (χ3v) is 22.4. The van der Waals surface area contributed by atoms with Crippen molar-refractivity contribution in [2.24, 2.45) is 0 Å². The van der Waals surface area contributed by atoms with Crippen molar-refractivity contribution >= 4 is 90.8 Å². The van der Waals surface area contributed by atoms with Gasteiger partial charge in [0.2, 0.25) is 23.6 Å². The molecule has 5 N–H and O–H groups in total. The van der Waals surface area contributed by atoms with E-state index in [2.05, 4.69) is 84.8 Å². The van der Waals surface area contributed by atoms with Crippen molar-refractivity contribution in [2.75, 3.05) is 155 Å². The van der Waals surface area contributed by atoms with Crippen LogP contribution in [0.25, 0.3) is 44.6 Å². The number of aryl methyl sites for hydroxylation is 1. The highest BCUT2D eigenvalue weighted by molar-refractivity contribution is 7.86. The SMILES string of the molecule is C[C@H]1CN(c2cc(-c3n[nH]c4ccc(OC(C)(C)C)cc34)ncn2)CCN1.C[C@H]1CN(c2cc(-c3n[nH]c4ccc(OC(C)(C)C)cc34)ncn2)CCN1CCOCCOCCOCCOc1ccc2c(c1)C(=O)N(C1CCC(=O)NC1=O)C2=O.Cc1ccc(S(=O)(=O)OCCOCCOCCOCCOc2ccc3c(c2)C(=O)N(C2CCC(=O)NC2=O)C3=O)cc1. The number of rotatable bonds is 36. The number of H-pyrrole nitrogens is 2. The van der Waals surface area contributed by atoms with E-state index < -0.39 is 69.5 Å². The van der Waals surface area contributed by atoms with Gasteiger partial charge in [0.25, 0.3) is 33.7 Å². The molecule has 6 aliphatic rings. The van der Waals surface area contributed by atoms with E-state index in [0.29, 0.717) is 83.0 Å². The molecular weight excluding hydrogens is 1660 g/mol. The average molecular weight is 1770 g/mol. The molecule has 4 saturated heterocycles. The number of nitrogens with zero attached hydrogens (tertiary/aromatic N) is 11. The van der Waals surface area contributed by atoms with E-state index in [0.717, 1.165) is 129 Å². The van der Waals surface area contributed by atoms with Crippen LogP contribution in [-0.2, 0) is 61.9 Å². The molecule has 5 aromatic carbocycles. The van der Waals surface area contributed by atoms with Crippen LogP contribution >= 0.6 is 0 Å². The summed E-state index contributed by atoms with van der Waals surface area (Å²) in [6, 6.07) is 30.1. The number of hydrogen-bond donors (Lipinski definition) is 5. The highest BCUT2D eigenvalue weighted by Gasteiger charge is 2.47. The molecule has 4 atom stereocenters. The molecule has 0 spiro atoms. The molecule has 4 aromatic heterocycles. The Hall–Kier alpha value is -11.9. The summed E-state index contributed by atoms with van der Waals surface area (Å²) in [7, 11) is -3.82. The molecular formula is C89H108N16O21S. The molecule has 2 unspecified atom stereocenters. The second-order valence-corrected chi connectivity index (χ2v) is 34.5. The van der Waals surface area contributed by atoms with Gasteiger partial charge >= 0.3 is 0 Å². The molecule has 0 saturated carbocycles. The fourth-order valence-electron chi connectivity index (χ4n) is 14.9. The number of imide groups is 4. The van der Waals surface area contributed by atoms with Gasteiger partial charge in [-0.25, -0.2) is 19.9 Å². The normalized spacial score (nSPS) is 18.1. The van der Waals surface area contributed by atoms with Crippen molar-refractivity contribution in [1.82, 2.24) is 71.0 Å². The maximum Gasteiger partial charge on any atom is 0.297 e. The summed E-state index contributed by atoms with van der Waals surface area (Å²) in [5.74, 6) is -0.304. The van der Waals surface area contributed by atoms with E-state index in [-0.39, 0.29) is 104 Å². The largest absolute Gasteiger partial charge is 0.491 e. The predicted octanol–water partition coefficient (Wildman–Crippen LogP) is 7.46. The smallest absolute Gasteiger partial charge is 0.297 e. The van der Waals surface area contributed by atoms with Gasteiger partial charge in [0.15, 0.2) is 0 Å². The molecule has 0 radical (unpaired) electrons. The number of carbonyl (C=O) groups is 8. The van der Waals surface area contributed by atoms with Gasteiger partial charge in [-0.15, -0.1) is 0 Å². The zero-order chi connectivity index (χ0) is 89.9. The summed E-state index contributed by atoms with van der Waals surface area (Å²) < 4.78 is 85.9. The van der Waals surface area contributed by atoms with Crippen molar-refractivity contribution in [2.45, 2.75) is 128 Å². The Kier molecular flexibility index (Phi) is 31.2. The number of piperazine rings is 2. The Bertz CT molecular complexity index is 5530. The van der Waals surface area contributed by atoms with Gasteiger partial charge in [-0.1, -0.05) is 17.7 Å². The number of benzene rings is 5. The third kappa shape index (κ3) is 24.7. The van der Waals surface area contributed by atoms with Crippen LogP contribution in [0, 0.1) is 6.92 Å². The molecule has 37 nitrogen and oxygen atoms in total. The highest BCUT2D eigenvalue weighted by atomic mass is 32.2. The van der Waals surface area contributed by atoms with E-state index in [1.54, 1.807) is 36.9 Å². The number of aromatic amines is 2. The Morgan fingerprint density at radius 2 is 0.874 bits per heavy atom. The zero-order valence-electron chi connectivity index (χ0n) is 72.6. The van der Waals surface area contributed by atoms with E-state index >= 15 is 0 Å². The fraction of sp³-hybridized carbons (Fsp3) is 0.461. The zero-order valence-corrected chi connectivity index (χ0v) is 73.5. The van der Waals surface area contributed by atoms with Gasteiger partial charge in [-0.3, -0.25) is 78.1 Å². The number of nitrogens with one attached hydrogen (secondary N) is 5. The number of piperidine rings is 2. The van der Waals surface area contributed by atoms with Gasteiger partial charge in [-0.05, 0) is 160 Å². The molecule has 0 bridgehead atoms. The molecule has 15 rings (SSSR count). The number of ether oxygens (including phenoxy) is 10. The van der Waals surface area contributed by atoms with Crippen LogP contribution in [0.5, 0.6) is 23.0 Å². The van der Waals surface area contributed by atoms with Crippen molar-refractivity contribution in [1.29, 1.82) is 0 Å². The Balaban J connectivity index is 0.000000174. The molecule has 6 aliphatic heterocycles. The standard InChI is InChI=1S/C41H50N8O9.C28H32N2O11S.C20H26N6O/c1-26-24-48(35-23-33(42-25-43-35)37-31-22-28(58-41(2,3)4)6-8-32(31)45-46-37)12-11-47(26)13-14-54-15-16-55-17-18-56-19-20-57-27-5-7-29-30(21-27)40(53)49(39(29)52)34-9-10-36(50)44-38(34)51;1-19-2-5-21(6-3-19)42(35,36)41-17-15-39-13-11-37-10-12-38-14-16-40-20-4-7-22-23(18-20)28(34)30(27(22)33)24-8-9-25(31)29-26(24)32;1-13-11-26(8-7-21-13)18-10-17(22-12-23-18)19-15-9-14(27-20(2,3)4)5-6-16(15)24-25-19/h5-8,21-23,25-26,34H,9-20,24H2,1-4H3,(H,45,46)(H,44,50,51);2-7,18,24H,8-17H2,1H3,(H,29,31,32);5-6,9-10,12-13,21H,7-8,11H2,1-4H3,(H,24,25)/t26-,34?;;13-/m0.0/s1. The van der Waals surface area contributed by atoms with Gasteiger partial charge in [0, 0.05) is 93.6 Å². The molecule has 9 aromatic rings. The van der Waals surface area contributed by atoms with Crippen LogP contribution in [-0.4, -0.2) is 291 Å². The second kappa shape index (κ2) is 42.6. The van der Waals surface area contributed by atoms with Crippen LogP contribution in [0.2, 0.25) is 0 Å². The number of anilines is 2. The molecule has 10 heterocycles. The summed E-state index contributed by atoms with van der Waals surface area (Å²) in [6.45, 7) is 29.1. The van der Waals surface area contributed by atoms with Crippen molar-refractivity contribution < 1.29 is 98.3 Å². The Morgan fingerprint density at radius 3 is 1.31 bits per heavy atom. The lowest BCUT2D eigenvalue weighted by atomic mass is 10.0. The van der Waals surface area contributed by atoms with Crippen LogP contribution in [0.15, 0.2) is 127 Å². The quantitative estimate of drug-likeness (QED) is 0.0144. The molecule has 38 heteroatoms. The number of aromatic nitrogens is 8. The summed E-state index contributed by atoms with van der Waals surface area (Å²) in [5.41, 5.74) is 6.09. The summed E-state index contributed by atoms with van der Waals surface area (Å²) in [5, 5.41) is 25.0. The van der Waals surface area contributed by atoms with Gasteiger partial charge in [0.05, 0.1) is 135 Å². The number of carbonyl (C=O) groups excluding carboxylic acids is 8. The minimum absolute atomic E-state index is 0.0516. The van der Waals surface area contributed by atoms with E-state index in [4.69, 9.17) is 51.6 Å². The summed E-state index contributed by atoms with van der Waals surface area (Å²) >= 11 is 0. The highest BCUT2D eigenvalue weighted by Crippen LogP contribution is 2.36. The first-order valence-corrected chi connectivity index (χ1v) is 43.8. The first-order chi connectivity index (χ1) is 61.0. The minimum Gasteiger partial charge on any atom is -0.491 e. The second-order valence-electron chi connectivity index (χ2n) is 32.9. The molecule has 676 valence electrons. The predicted molar refractivity (Wildman–Crippen MR) is 464 cm³/mol. The third-order valence-electron chi connectivity index (χ3n) is 21.1. The lowest BCUT2D eigenvalue weighted by Gasteiger charge is -2.40. The van der Waals surface area contributed by atoms with E-state index in [1.807, 2.05) is 97.0 Å². The molecule has 8 amide bonds. The monoisotopic (exact) mass is 1770 g/mol. The molecule has 0 aliphatic carbocycles. The van der Waals surface area contributed by atoms with Crippen molar-refractivity contribution in [3.8, 4) is 45.8 Å². The van der Waals surface area contributed by atoms with Crippen molar-refractivity contribution in [3.05, 3.63) is 150 Å². The lowest BCUT2D eigenvalue weighted by Crippen LogP contribution is -2.54. The summed E-state index contributed by atoms with van der Waals surface area (Å²) in [4.78, 5) is 126. The first-order valence-electron chi connectivity index (χ1n) is 42.4. The Morgan fingerprint density at radius 1 is 0.449 bits per heavy atom. The molecule has 4 fully saturated rings. The fourth-order valence-corrected chi connectivity index (χ4v) is 15.8. The maximum atomic E-state index is 13.0. The van der Waals surface area contributed by atoms with E-state index in [1.165, 1.54) is 36.4 Å². The van der Waals surface area contributed by atoms with Crippen LogP contribution < -0.4 is 44.7 Å². The number of hydrogen-bond acceptors (Lipinski definition) is 31. The van der Waals surface area contributed by atoms with Gasteiger partial charge < -0.3 is 62.5 Å². The number of fused-ring (bicyclic) bond motifs is 4. The first kappa shape index (κ1) is 92.8. The lowest BCUT2D eigenvalue weighted by molar-refractivity contribution is -0.137. The van der Waals surface area contributed by atoms with Crippen molar-refractivity contribution in [3.63, 3.8) is 0 Å². The topological polar surface area (TPSA) is 433 Å². The number of amides is 8. The summed E-state index contributed by atoms with van der Waals surface area (Å²) in [6.07, 6.45) is 3.52. The van der Waals surface area contributed by atoms with Gasteiger partial charge in [-0.2, -0.15) is 18.6 Å². The maximum absolute atomic E-state index is 13.0. The van der Waals surface area contributed by atoms with Crippen LogP contribution in [0.4, 0.5) is 11.6 Å². The average Bonchev–Trinajstić information content (AvgIpc) is 1.61. The van der Waals surface area contributed by atoms with Crippen LogP contribution in [0.3, 0.4) is 0 Å². The Labute approximate surface area is 734 Å². The minimum atomic E-state index is -3.82. The molecule has 127 heavy (non-hydrogen) atoms. The van der Waals surface area contributed by atoms with Gasteiger partial charge in [0.1, 0.15) is 95.2 Å². The van der Waals surface area contributed by atoms with Crippen LogP contribution in [0.1, 0.15) is 128 Å².